The van der Waals surface area contributed by atoms with Crippen molar-refractivity contribution in [1.82, 2.24) is 9.38 Å². The third-order valence-electron chi connectivity index (χ3n) is 1.86. The van der Waals surface area contributed by atoms with E-state index in [9.17, 15) is 0 Å². The summed E-state index contributed by atoms with van der Waals surface area (Å²) in [5, 5.41) is 8.65. The van der Waals surface area contributed by atoms with Crippen molar-refractivity contribution in [2.45, 2.75) is 5.88 Å². The number of fused-ring (bicyclic) bond motifs is 1. The summed E-state index contributed by atoms with van der Waals surface area (Å²) in [5.74, 6) is 0.424. The monoisotopic (exact) mass is 191 g/mol. The number of hydrogen-bond acceptors (Lipinski definition) is 2. The van der Waals surface area contributed by atoms with Crippen molar-refractivity contribution in [2.24, 2.45) is 0 Å². The number of hydrogen-bond donors (Lipinski definition) is 0. The maximum Gasteiger partial charge on any atom is 0.138 e. The first-order valence-corrected chi connectivity index (χ1v) is 4.30. The van der Waals surface area contributed by atoms with E-state index in [2.05, 4.69) is 11.1 Å². The van der Waals surface area contributed by atoms with Crippen LogP contribution in [0.2, 0.25) is 0 Å². The van der Waals surface area contributed by atoms with Crippen molar-refractivity contribution >= 4 is 17.2 Å². The van der Waals surface area contributed by atoms with Crippen LogP contribution >= 0.6 is 11.6 Å². The number of halogens is 1. The van der Waals surface area contributed by atoms with E-state index in [1.807, 2.05) is 4.40 Å². The van der Waals surface area contributed by atoms with Crippen LogP contribution in [0, 0.1) is 11.3 Å². The smallest absolute Gasteiger partial charge is 0.138 e. The second kappa shape index (κ2) is 3.08. The molecule has 0 fully saturated rings. The molecule has 0 unspecified atom stereocenters. The highest BCUT2D eigenvalue weighted by atomic mass is 35.5. The van der Waals surface area contributed by atoms with Gasteiger partial charge in [0.05, 0.1) is 29.4 Å². The van der Waals surface area contributed by atoms with Gasteiger partial charge in [-0.3, -0.25) is 0 Å². The summed E-state index contributed by atoms with van der Waals surface area (Å²) in [6, 6.07) is 5.53. The van der Waals surface area contributed by atoms with Gasteiger partial charge in [-0.25, -0.2) is 4.98 Å². The van der Waals surface area contributed by atoms with Crippen LogP contribution in [0.5, 0.6) is 0 Å². The van der Waals surface area contributed by atoms with Gasteiger partial charge in [-0.15, -0.1) is 11.6 Å². The standard InChI is InChI=1S/C9H6ClN3/c10-4-8-6-12-9-3-7(5-11)1-2-13(8)9/h1-3,6H,4H2. The predicted octanol–water partition coefficient (Wildman–Crippen LogP) is 1.94. The second-order valence-electron chi connectivity index (χ2n) is 2.64. The molecule has 0 aliphatic heterocycles. The van der Waals surface area contributed by atoms with Gasteiger partial charge in [-0.2, -0.15) is 5.26 Å². The van der Waals surface area contributed by atoms with Gasteiger partial charge in [0.1, 0.15) is 5.65 Å². The number of aromatic nitrogens is 2. The van der Waals surface area contributed by atoms with Crippen LogP contribution in [0.4, 0.5) is 0 Å². The normalized spacial score (nSPS) is 10.2. The zero-order chi connectivity index (χ0) is 9.26. The number of pyridine rings is 1. The number of nitrogens with zero attached hydrogens (tertiary/aromatic N) is 3. The molecule has 13 heavy (non-hydrogen) atoms. The number of alkyl halides is 1. The molecule has 2 rings (SSSR count). The maximum atomic E-state index is 8.65. The lowest BCUT2D eigenvalue weighted by Crippen LogP contribution is -1.89. The van der Waals surface area contributed by atoms with Crippen molar-refractivity contribution in [1.29, 1.82) is 5.26 Å². The molecule has 0 amide bonds. The molecule has 2 aromatic heterocycles. The molecule has 0 N–H and O–H groups in total. The lowest BCUT2D eigenvalue weighted by molar-refractivity contribution is 1.09. The molecule has 0 saturated heterocycles. The van der Waals surface area contributed by atoms with Crippen molar-refractivity contribution in [2.75, 3.05) is 0 Å². The second-order valence-corrected chi connectivity index (χ2v) is 2.91. The average Bonchev–Trinajstić information content (AvgIpc) is 2.59. The van der Waals surface area contributed by atoms with E-state index in [0.717, 1.165) is 11.3 Å². The summed E-state index contributed by atoms with van der Waals surface area (Å²) >= 11 is 5.70. The first kappa shape index (κ1) is 8.09. The van der Waals surface area contributed by atoms with Gasteiger partial charge in [0, 0.05) is 6.20 Å². The fourth-order valence-corrected chi connectivity index (χ4v) is 1.40. The van der Waals surface area contributed by atoms with Gasteiger partial charge in [-0.05, 0) is 12.1 Å². The lowest BCUT2D eigenvalue weighted by Gasteiger charge is -1.96. The molecule has 3 nitrogen and oxygen atoms in total. The summed E-state index contributed by atoms with van der Waals surface area (Å²) in [4.78, 5) is 4.13. The van der Waals surface area contributed by atoms with E-state index in [1.54, 1.807) is 24.5 Å². The van der Waals surface area contributed by atoms with Gasteiger partial charge < -0.3 is 4.40 Å². The highest BCUT2D eigenvalue weighted by molar-refractivity contribution is 6.16. The third-order valence-corrected chi connectivity index (χ3v) is 2.13. The average molecular weight is 192 g/mol. The van der Waals surface area contributed by atoms with Crippen LogP contribution in [-0.4, -0.2) is 9.38 Å². The quantitative estimate of drug-likeness (QED) is 0.647. The Morgan fingerprint density at radius 2 is 2.46 bits per heavy atom. The third kappa shape index (κ3) is 1.25. The lowest BCUT2D eigenvalue weighted by atomic mass is 10.3. The molecule has 2 heterocycles. The first-order valence-electron chi connectivity index (χ1n) is 3.77. The number of rotatable bonds is 1. The summed E-state index contributed by atoms with van der Waals surface area (Å²) in [6.45, 7) is 0. The molecular formula is C9H6ClN3. The van der Waals surface area contributed by atoms with E-state index >= 15 is 0 Å². The Hall–Kier alpha value is -1.53. The van der Waals surface area contributed by atoms with Crippen LogP contribution in [0.3, 0.4) is 0 Å². The minimum absolute atomic E-state index is 0.424. The summed E-state index contributed by atoms with van der Waals surface area (Å²) in [6.07, 6.45) is 3.52. The summed E-state index contributed by atoms with van der Waals surface area (Å²) < 4.78 is 1.87. The molecule has 4 heteroatoms. The molecular weight excluding hydrogens is 186 g/mol. The van der Waals surface area contributed by atoms with Crippen molar-refractivity contribution in [3.63, 3.8) is 0 Å². The SMILES string of the molecule is N#Cc1ccn2c(CCl)cnc2c1. The molecule has 64 valence electrons. The van der Waals surface area contributed by atoms with E-state index in [1.165, 1.54) is 0 Å². The minimum atomic E-state index is 0.424. The van der Waals surface area contributed by atoms with E-state index < -0.39 is 0 Å². The van der Waals surface area contributed by atoms with Crippen molar-refractivity contribution in [3.8, 4) is 6.07 Å². The van der Waals surface area contributed by atoms with Gasteiger partial charge in [0.15, 0.2) is 0 Å². The molecule has 0 atom stereocenters. The Kier molecular flexibility index (Phi) is 1.91. The molecule has 0 radical (unpaired) electrons. The summed E-state index contributed by atoms with van der Waals surface area (Å²) in [7, 11) is 0. The van der Waals surface area contributed by atoms with Gasteiger partial charge in [-0.1, -0.05) is 0 Å². The minimum Gasteiger partial charge on any atom is -0.303 e. The Bertz CT molecular complexity index is 481. The van der Waals surface area contributed by atoms with E-state index in [-0.39, 0.29) is 0 Å². The predicted molar refractivity (Wildman–Crippen MR) is 49.5 cm³/mol. The van der Waals surface area contributed by atoms with Gasteiger partial charge in [0.25, 0.3) is 0 Å². The molecule has 0 bridgehead atoms. The van der Waals surface area contributed by atoms with Crippen molar-refractivity contribution < 1.29 is 0 Å². The Morgan fingerprint density at radius 3 is 3.15 bits per heavy atom. The zero-order valence-corrected chi connectivity index (χ0v) is 7.49. The maximum absolute atomic E-state index is 8.65. The fraction of sp³-hybridized carbons (Fsp3) is 0.111. The molecule has 0 spiro atoms. The highest BCUT2D eigenvalue weighted by Crippen LogP contribution is 2.10. The Balaban J connectivity index is 2.70. The van der Waals surface area contributed by atoms with Crippen LogP contribution in [-0.2, 0) is 5.88 Å². The molecule has 2 aromatic rings. The van der Waals surface area contributed by atoms with Gasteiger partial charge >= 0.3 is 0 Å². The Labute approximate surface area is 80.2 Å². The largest absolute Gasteiger partial charge is 0.303 e. The fourth-order valence-electron chi connectivity index (χ4n) is 1.20. The first-order chi connectivity index (χ1) is 6.35. The van der Waals surface area contributed by atoms with Crippen LogP contribution in [0.1, 0.15) is 11.3 Å². The molecule has 0 aliphatic rings. The van der Waals surface area contributed by atoms with Crippen LogP contribution in [0.25, 0.3) is 5.65 Å². The Morgan fingerprint density at radius 1 is 1.62 bits per heavy atom. The van der Waals surface area contributed by atoms with Crippen LogP contribution < -0.4 is 0 Å². The van der Waals surface area contributed by atoms with Crippen LogP contribution in [0.15, 0.2) is 24.5 Å². The zero-order valence-electron chi connectivity index (χ0n) is 6.74. The van der Waals surface area contributed by atoms with Gasteiger partial charge in [0.2, 0.25) is 0 Å². The molecule has 0 aliphatic carbocycles. The summed E-state index contributed by atoms with van der Waals surface area (Å²) in [5.41, 5.74) is 2.30. The number of nitriles is 1. The van der Waals surface area contributed by atoms with E-state index in [0.29, 0.717) is 11.4 Å². The number of imidazole rings is 1. The van der Waals surface area contributed by atoms with Crippen molar-refractivity contribution in [3.05, 3.63) is 35.8 Å². The topological polar surface area (TPSA) is 41.1 Å². The highest BCUT2D eigenvalue weighted by Gasteiger charge is 2.01. The van der Waals surface area contributed by atoms with E-state index in [4.69, 9.17) is 16.9 Å². The molecule has 0 aromatic carbocycles. The molecule has 0 saturated carbocycles.